The lowest BCUT2D eigenvalue weighted by Crippen LogP contribution is -2.14. The van der Waals surface area contributed by atoms with Crippen molar-refractivity contribution < 1.29 is 13.2 Å². The Labute approximate surface area is 148 Å². The summed E-state index contributed by atoms with van der Waals surface area (Å²) in [6.45, 7) is 3.72. The molecule has 0 radical (unpaired) electrons. The van der Waals surface area contributed by atoms with E-state index in [0.717, 1.165) is 5.56 Å². The molecule has 0 spiro atoms. The maximum Gasteiger partial charge on any atom is 0.262 e. The van der Waals surface area contributed by atoms with Crippen LogP contribution in [0.4, 0.5) is 5.69 Å². The summed E-state index contributed by atoms with van der Waals surface area (Å²) in [6.07, 6.45) is 0. The number of benzene rings is 3. The molecule has 5 heteroatoms. The predicted octanol–water partition coefficient (Wildman–Crippen LogP) is 4.90. The van der Waals surface area contributed by atoms with Crippen molar-refractivity contribution in [2.24, 2.45) is 0 Å². The third kappa shape index (κ3) is 4.00. The fourth-order valence-corrected chi connectivity index (χ4v) is 3.85. The Morgan fingerprint density at radius 2 is 1.52 bits per heavy atom. The van der Waals surface area contributed by atoms with Gasteiger partial charge in [0.05, 0.1) is 10.6 Å². The van der Waals surface area contributed by atoms with Crippen LogP contribution < -0.4 is 9.46 Å². The average Bonchev–Trinajstić information content (AvgIpc) is 2.57. The van der Waals surface area contributed by atoms with Crippen LogP contribution in [0.5, 0.6) is 11.5 Å². The molecule has 25 heavy (non-hydrogen) atoms. The molecule has 3 aromatic rings. The first-order valence-electron chi connectivity index (χ1n) is 7.88. The molecule has 128 valence electrons. The fourth-order valence-electron chi connectivity index (χ4n) is 2.56. The van der Waals surface area contributed by atoms with Gasteiger partial charge in [-0.25, -0.2) is 8.42 Å². The topological polar surface area (TPSA) is 55.4 Å². The molecule has 0 aliphatic rings. The van der Waals surface area contributed by atoms with Crippen LogP contribution in [0, 0.1) is 13.8 Å². The first kappa shape index (κ1) is 17.0. The molecule has 0 bridgehead atoms. The molecule has 0 aromatic heterocycles. The number of aryl methyl sites for hydroxylation is 2. The van der Waals surface area contributed by atoms with E-state index in [4.69, 9.17) is 4.74 Å². The predicted molar refractivity (Wildman–Crippen MR) is 99.7 cm³/mol. The van der Waals surface area contributed by atoms with Crippen LogP contribution in [0.1, 0.15) is 11.1 Å². The Kier molecular flexibility index (Phi) is 4.76. The van der Waals surface area contributed by atoms with Crippen molar-refractivity contribution in [1.29, 1.82) is 0 Å². The summed E-state index contributed by atoms with van der Waals surface area (Å²) in [7, 11) is -3.71. The summed E-state index contributed by atoms with van der Waals surface area (Å²) in [4.78, 5) is 0.257. The van der Waals surface area contributed by atoms with E-state index in [1.165, 1.54) is 0 Å². The highest BCUT2D eigenvalue weighted by Crippen LogP contribution is 2.31. The Morgan fingerprint density at radius 3 is 2.24 bits per heavy atom. The van der Waals surface area contributed by atoms with Gasteiger partial charge in [-0.1, -0.05) is 48.0 Å². The molecule has 0 aliphatic heterocycles. The minimum Gasteiger partial charge on any atom is -0.455 e. The maximum absolute atomic E-state index is 12.8. The van der Waals surface area contributed by atoms with Gasteiger partial charge in [0.25, 0.3) is 10.0 Å². The average molecular weight is 353 g/mol. The molecular formula is C20H19NO3S. The Balaban J connectivity index is 1.92. The van der Waals surface area contributed by atoms with Crippen molar-refractivity contribution in [2.45, 2.75) is 18.7 Å². The normalized spacial score (nSPS) is 11.1. The van der Waals surface area contributed by atoms with E-state index in [0.29, 0.717) is 22.7 Å². The molecule has 1 N–H and O–H groups in total. The summed E-state index contributed by atoms with van der Waals surface area (Å²) >= 11 is 0. The standard InChI is InChI=1S/C20H19NO3S/c1-15-12-13-20(16(2)14-15)25(22,23)21-18-10-6-7-11-19(18)24-17-8-4-3-5-9-17/h3-14,21H,1-2H3. The zero-order valence-corrected chi connectivity index (χ0v) is 14.9. The van der Waals surface area contributed by atoms with Gasteiger partial charge in [0, 0.05) is 0 Å². The number of para-hydroxylation sites is 3. The van der Waals surface area contributed by atoms with E-state index in [2.05, 4.69) is 4.72 Å². The zero-order valence-electron chi connectivity index (χ0n) is 14.1. The van der Waals surface area contributed by atoms with Crippen LogP contribution in [0.3, 0.4) is 0 Å². The van der Waals surface area contributed by atoms with Gasteiger partial charge in [0.1, 0.15) is 5.75 Å². The molecule has 3 rings (SSSR count). The Hall–Kier alpha value is -2.79. The van der Waals surface area contributed by atoms with Crippen molar-refractivity contribution in [1.82, 2.24) is 0 Å². The third-order valence-corrected chi connectivity index (χ3v) is 5.25. The lowest BCUT2D eigenvalue weighted by molar-refractivity contribution is 0.485. The number of ether oxygens (including phenoxy) is 1. The number of rotatable bonds is 5. The van der Waals surface area contributed by atoms with Crippen LogP contribution in [0.2, 0.25) is 0 Å². The molecule has 0 atom stereocenters. The van der Waals surface area contributed by atoms with Crippen molar-refractivity contribution in [2.75, 3.05) is 4.72 Å². The van der Waals surface area contributed by atoms with Crippen LogP contribution >= 0.6 is 0 Å². The Morgan fingerprint density at radius 1 is 0.840 bits per heavy atom. The van der Waals surface area contributed by atoms with E-state index in [1.54, 1.807) is 43.3 Å². The van der Waals surface area contributed by atoms with Crippen LogP contribution in [-0.4, -0.2) is 8.42 Å². The number of anilines is 1. The fraction of sp³-hybridized carbons (Fsp3) is 0.100. The highest BCUT2D eigenvalue weighted by Gasteiger charge is 2.19. The lowest BCUT2D eigenvalue weighted by Gasteiger charge is -2.14. The van der Waals surface area contributed by atoms with E-state index in [9.17, 15) is 8.42 Å². The van der Waals surface area contributed by atoms with Crippen LogP contribution in [-0.2, 0) is 10.0 Å². The van der Waals surface area contributed by atoms with Crippen molar-refractivity contribution in [3.05, 3.63) is 83.9 Å². The molecule has 0 fully saturated rings. The number of nitrogens with one attached hydrogen (secondary N) is 1. The van der Waals surface area contributed by atoms with Crippen molar-refractivity contribution in [3.8, 4) is 11.5 Å². The quantitative estimate of drug-likeness (QED) is 0.710. The van der Waals surface area contributed by atoms with Crippen LogP contribution in [0.15, 0.2) is 77.7 Å². The second-order valence-electron chi connectivity index (χ2n) is 5.79. The summed E-state index contributed by atoms with van der Waals surface area (Å²) < 4.78 is 34.0. The third-order valence-electron chi connectivity index (χ3n) is 3.72. The summed E-state index contributed by atoms with van der Waals surface area (Å²) in [5.41, 5.74) is 2.12. The van der Waals surface area contributed by atoms with E-state index >= 15 is 0 Å². The molecular weight excluding hydrogens is 334 g/mol. The SMILES string of the molecule is Cc1ccc(S(=O)(=O)Nc2ccccc2Oc2ccccc2)c(C)c1. The summed E-state index contributed by atoms with van der Waals surface area (Å²) in [5, 5.41) is 0. The molecule has 3 aromatic carbocycles. The number of sulfonamides is 1. The second kappa shape index (κ2) is 6.99. The highest BCUT2D eigenvalue weighted by molar-refractivity contribution is 7.92. The minimum absolute atomic E-state index is 0.257. The molecule has 0 heterocycles. The monoisotopic (exact) mass is 353 g/mol. The van der Waals surface area contributed by atoms with E-state index in [-0.39, 0.29) is 4.90 Å². The molecule has 0 saturated carbocycles. The van der Waals surface area contributed by atoms with Gasteiger partial charge in [0.15, 0.2) is 5.75 Å². The van der Waals surface area contributed by atoms with E-state index in [1.807, 2.05) is 43.3 Å². The van der Waals surface area contributed by atoms with Gasteiger partial charge in [-0.15, -0.1) is 0 Å². The van der Waals surface area contributed by atoms with Gasteiger partial charge in [-0.05, 0) is 49.7 Å². The minimum atomic E-state index is -3.71. The first-order valence-corrected chi connectivity index (χ1v) is 9.36. The summed E-state index contributed by atoms with van der Waals surface area (Å²) in [5.74, 6) is 1.09. The smallest absolute Gasteiger partial charge is 0.262 e. The number of hydrogen-bond donors (Lipinski definition) is 1. The highest BCUT2D eigenvalue weighted by atomic mass is 32.2. The van der Waals surface area contributed by atoms with Gasteiger partial charge < -0.3 is 4.74 Å². The molecule has 4 nitrogen and oxygen atoms in total. The molecule has 0 saturated heterocycles. The maximum atomic E-state index is 12.8. The van der Waals surface area contributed by atoms with E-state index < -0.39 is 10.0 Å². The second-order valence-corrected chi connectivity index (χ2v) is 7.44. The van der Waals surface area contributed by atoms with Gasteiger partial charge >= 0.3 is 0 Å². The number of hydrogen-bond acceptors (Lipinski definition) is 3. The van der Waals surface area contributed by atoms with Gasteiger partial charge in [0.2, 0.25) is 0 Å². The van der Waals surface area contributed by atoms with Crippen LogP contribution in [0.25, 0.3) is 0 Å². The van der Waals surface area contributed by atoms with Gasteiger partial charge in [-0.3, -0.25) is 4.72 Å². The van der Waals surface area contributed by atoms with Crippen molar-refractivity contribution >= 4 is 15.7 Å². The first-order chi connectivity index (χ1) is 12.0. The molecule has 0 unspecified atom stereocenters. The van der Waals surface area contributed by atoms with Crippen molar-refractivity contribution in [3.63, 3.8) is 0 Å². The summed E-state index contributed by atoms with van der Waals surface area (Å²) in [6, 6.07) is 21.5. The lowest BCUT2D eigenvalue weighted by atomic mass is 10.2. The Bertz CT molecular complexity index is 983. The molecule has 0 aliphatic carbocycles. The largest absolute Gasteiger partial charge is 0.455 e. The van der Waals surface area contributed by atoms with Gasteiger partial charge in [-0.2, -0.15) is 0 Å². The zero-order chi connectivity index (χ0) is 17.9. The molecule has 0 amide bonds.